The van der Waals surface area contributed by atoms with Gasteiger partial charge in [-0.25, -0.2) is 8.42 Å². The van der Waals surface area contributed by atoms with Crippen molar-refractivity contribution >= 4 is 21.6 Å². The quantitative estimate of drug-likeness (QED) is 0.655. The second kappa shape index (κ2) is 9.84. The van der Waals surface area contributed by atoms with Gasteiger partial charge in [-0.1, -0.05) is 18.2 Å². The molecule has 0 saturated heterocycles. The van der Waals surface area contributed by atoms with Crippen LogP contribution in [-0.2, 0) is 21.4 Å². The highest BCUT2D eigenvalue weighted by Crippen LogP contribution is 2.29. The molecule has 0 fully saturated rings. The molecular formula is C22H30N2O5S. The Bertz CT molecular complexity index is 989. The molecule has 0 spiro atoms. The predicted octanol–water partition coefficient (Wildman–Crippen LogP) is 3.26. The van der Waals surface area contributed by atoms with Crippen molar-refractivity contribution in [2.24, 2.45) is 0 Å². The first-order valence-corrected chi connectivity index (χ1v) is 11.5. The minimum Gasteiger partial charge on any atom is -0.493 e. The number of benzene rings is 2. The van der Waals surface area contributed by atoms with Crippen LogP contribution in [0.1, 0.15) is 31.9 Å². The third-order valence-electron chi connectivity index (χ3n) is 4.40. The molecule has 164 valence electrons. The van der Waals surface area contributed by atoms with Crippen molar-refractivity contribution in [3.05, 3.63) is 53.6 Å². The van der Waals surface area contributed by atoms with E-state index in [9.17, 15) is 13.2 Å². The molecule has 0 aliphatic rings. The zero-order chi connectivity index (χ0) is 22.5. The summed E-state index contributed by atoms with van der Waals surface area (Å²) in [6, 6.07) is 11.6. The van der Waals surface area contributed by atoms with Crippen LogP contribution in [0.5, 0.6) is 11.5 Å². The topological polar surface area (TPSA) is 84.9 Å². The SMILES string of the molecule is COc1cc(CNC(=O)[C@H](C)N(c2cccc(C)c2)S(C)(=O)=O)ccc1OC(C)C. The third kappa shape index (κ3) is 6.13. The number of aryl methyl sites for hydroxylation is 1. The first-order valence-electron chi connectivity index (χ1n) is 9.70. The molecule has 0 aromatic heterocycles. The summed E-state index contributed by atoms with van der Waals surface area (Å²) in [5.74, 6) is 0.795. The van der Waals surface area contributed by atoms with E-state index in [0.717, 1.165) is 21.7 Å². The summed E-state index contributed by atoms with van der Waals surface area (Å²) in [4.78, 5) is 12.8. The van der Waals surface area contributed by atoms with Gasteiger partial charge in [0.1, 0.15) is 6.04 Å². The molecule has 7 nitrogen and oxygen atoms in total. The Morgan fingerprint density at radius 1 is 1.10 bits per heavy atom. The van der Waals surface area contributed by atoms with Gasteiger partial charge in [0, 0.05) is 6.54 Å². The zero-order valence-corrected chi connectivity index (χ0v) is 19.1. The Labute approximate surface area is 179 Å². The number of nitrogens with one attached hydrogen (secondary N) is 1. The van der Waals surface area contributed by atoms with Crippen LogP contribution < -0.4 is 19.1 Å². The second-order valence-corrected chi connectivity index (χ2v) is 9.30. The first kappa shape index (κ1) is 23.5. The number of carbonyl (C=O) groups is 1. The molecule has 0 aliphatic heterocycles. The highest BCUT2D eigenvalue weighted by molar-refractivity contribution is 7.92. The number of ether oxygens (including phenoxy) is 2. The molecule has 0 bridgehead atoms. The van der Waals surface area contributed by atoms with Gasteiger partial charge < -0.3 is 14.8 Å². The number of nitrogens with zero attached hydrogens (tertiary/aromatic N) is 1. The molecule has 0 aliphatic carbocycles. The van der Waals surface area contributed by atoms with E-state index in [0.29, 0.717) is 17.2 Å². The van der Waals surface area contributed by atoms with Gasteiger partial charge in [-0.2, -0.15) is 0 Å². The van der Waals surface area contributed by atoms with Crippen LogP contribution in [0.2, 0.25) is 0 Å². The Morgan fingerprint density at radius 2 is 1.80 bits per heavy atom. The van der Waals surface area contributed by atoms with E-state index >= 15 is 0 Å². The van der Waals surface area contributed by atoms with Gasteiger partial charge in [0.15, 0.2) is 11.5 Å². The number of rotatable bonds is 9. The number of methoxy groups -OCH3 is 1. The first-order chi connectivity index (χ1) is 14.0. The molecular weight excluding hydrogens is 404 g/mol. The van der Waals surface area contributed by atoms with E-state index in [1.165, 1.54) is 0 Å². The van der Waals surface area contributed by atoms with E-state index in [1.807, 2.05) is 32.9 Å². The Morgan fingerprint density at radius 3 is 2.37 bits per heavy atom. The monoisotopic (exact) mass is 434 g/mol. The van der Waals surface area contributed by atoms with Crippen LogP contribution in [0.4, 0.5) is 5.69 Å². The fourth-order valence-corrected chi connectivity index (χ4v) is 4.25. The van der Waals surface area contributed by atoms with Crippen molar-refractivity contribution in [3.8, 4) is 11.5 Å². The maximum absolute atomic E-state index is 12.8. The van der Waals surface area contributed by atoms with Gasteiger partial charge in [-0.15, -0.1) is 0 Å². The molecule has 1 amide bonds. The Balaban J connectivity index is 2.16. The zero-order valence-electron chi connectivity index (χ0n) is 18.3. The fourth-order valence-electron chi connectivity index (χ4n) is 3.08. The number of sulfonamides is 1. The fraction of sp³-hybridized carbons (Fsp3) is 0.409. The van der Waals surface area contributed by atoms with Crippen LogP contribution in [-0.4, -0.2) is 39.8 Å². The summed E-state index contributed by atoms with van der Waals surface area (Å²) in [6.07, 6.45) is 1.10. The molecule has 8 heteroatoms. The van der Waals surface area contributed by atoms with Crippen LogP contribution >= 0.6 is 0 Å². The van der Waals surface area contributed by atoms with Crippen molar-refractivity contribution in [1.82, 2.24) is 5.32 Å². The van der Waals surface area contributed by atoms with Crippen molar-refractivity contribution in [2.45, 2.75) is 46.4 Å². The van der Waals surface area contributed by atoms with Crippen molar-refractivity contribution in [2.75, 3.05) is 17.7 Å². The van der Waals surface area contributed by atoms with Gasteiger partial charge in [0.2, 0.25) is 15.9 Å². The average Bonchev–Trinajstić information content (AvgIpc) is 2.65. The molecule has 2 aromatic rings. The van der Waals surface area contributed by atoms with Gasteiger partial charge >= 0.3 is 0 Å². The number of anilines is 1. The van der Waals surface area contributed by atoms with Gasteiger partial charge in [-0.3, -0.25) is 9.10 Å². The normalized spacial score (nSPS) is 12.4. The minimum absolute atomic E-state index is 0.00824. The molecule has 30 heavy (non-hydrogen) atoms. The highest BCUT2D eigenvalue weighted by atomic mass is 32.2. The molecule has 2 rings (SSSR count). The molecule has 0 radical (unpaired) electrons. The predicted molar refractivity (Wildman–Crippen MR) is 119 cm³/mol. The maximum atomic E-state index is 12.8. The molecule has 0 heterocycles. The molecule has 2 aromatic carbocycles. The highest BCUT2D eigenvalue weighted by Gasteiger charge is 2.29. The molecule has 0 unspecified atom stereocenters. The summed E-state index contributed by atoms with van der Waals surface area (Å²) < 4.78 is 37.0. The van der Waals surface area contributed by atoms with E-state index in [2.05, 4.69) is 5.32 Å². The third-order valence-corrected chi connectivity index (χ3v) is 5.64. The summed E-state index contributed by atoms with van der Waals surface area (Å²) in [6.45, 7) is 7.52. The standard InChI is InChI=1S/C22H30N2O5S/c1-15(2)29-20-11-10-18(13-21(20)28-5)14-23-22(25)17(4)24(30(6,26)27)19-9-7-8-16(3)12-19/h7-13,15,17H,14H2,1-6H3,(H,23,25)/t17-/m0/s1. The van der Waals surface area contributed by atoms with Crippen molar-refractivity contribution in [3.63, 3.8) is 0 Å². The summed E-state index contributed by atoms with van der Waals surface area (Å²) in [7, 11) is -2.10. The minimum atomic E-state index is -3.65. The van der Waals surface area contributed by atoms with E-state index in [4.69, 9.17) is 9.47 Å². The lowest BCUT2D eigenvalue weighted by molar-refractivity contribution is -0.122. The molecule has 0 saturated carbocycles. The summed E-state index contributed by atoms with van der Waals surface area (Å²) in [5.41, 5.74) is 2.17. The lowest BCUT2D eigenvalue weighted by Gasteiger charge is -2.28. The lowest BCUT2D eigenvalue weighted by Crippen LogP contribution is -2.47. The Hall–Kier alpha value is -2.74. The maximum Gasteiger partial charge on any atom is 0.243 e. The number of carbonyl (C=O) groups excluding carboxylic acids is 1. The van der Waals surface area contributed by atoms with Crippen LogP contribution in [0, 0.1) is 6.92 Å². The molecule has 1 atom stereocenters. The van der Waals surface area contributed by atoms with Crippen LogP contribution in [0.3, 0.4) is 0 Å². The van der Waals surface area contributed by atoms with Gasteiger partial charge in [0.05, 0.1) is 25.2 Å². The Kier molecular flexibility index (Phi) is 7.72. The van der Waals surface area contributed by atoms with Crippen LogP contribution in [0.15, 0.2) is 42.5 Å². The van der Waals surface area contributed by atoms with Gasteiger partial charge in [-0.05, 0) is 63.1 Å². The number of hydrogen-bond donors (Lipinski definition) is 1. The van der Waals surface area contributed by atoms with Crippen molar-refractivity contribution < 1.29 is 22.7 Å². The average molecular weight is 435 g/mol. The second-order valence-electron chi connectivity index (χ2n) is 7.44. The van der Waals surface area contributed by atoms with Crippen LogP contribution in [0.25, 0.3) is 0 Å². The number of amides is 1. The summed E-state index contributed by atoms with van der Waals surface area (Å²) in [5, 5.41) is 2.81. The number of hydrogen-bond acceptors (Lipinski definition) is 5. The van der Waals surface area contributed by atoms with E-state index < -0.39 is 22.0 Å². The smallest absolute Gasteiger partial charge is 0.243 e. The molecule has 1 N–H and O–H groups in total. The van der Waals surface area contributed by atoms with E-state index in [-0.39, 0.29) is 12.6 Å². The van der Waals surface area contributed by atoms with Crippen molar-refractivity contribution in [1.29, 1.82) is 0 Å². The van der Waals surface area contributed by atoms with E-state index in [1.54, 1.807) is 44.4 Å². The largest absolute Gasteiger partial charge is 0.493 e. The lowest BCUT2D eigenvalue weighted by atomic mass is 10.2. The summed E-state index contributed by atoms with van der Waals surface area (Å²) >= 11 is 0. The van der Waals surface area contributed by atoms with Gasteiger partial charge in [0.25, 0.3) is 0 Å².